The molecule has 3 heteroatoms. The molecule has 0 radical (unpaired) electrons. The van der Waals surface area contributed by atoms with Gasteiger partial charge in [-0.2, -0.15) is 0 Å². The van der Waals surface area contributed by atoms with E-state index < -0.39 is 0 Å². The molecule has 2 heterocycles. The van der Waals surface area contributed by atoms with Gasteiger partial charge in [0.05, 0.1) is 12.7 Å². The zero-order valence-electron chi connectivity index (χ0n) is 15.2. The number of nitrogens with zero attached hydrogens (tertiary/aromatic N) is 1. The molecule has 0 amide bonds. The summed E-state index contributed by atoms with van der Waals surface area (Å²) in [5.41, 5.74) is 5.25. The number of aryl methyl sites for hydroxylation is 1. The lowest BCUT2D eigenvalue weighted by atomic mass is 9.86. The van der Waals surface area contributed by atoms with Gasteiger partial charge in [-0.25, -0.2) is 0 Å². The van der Waals surface area contributed by atoms with E-state index in [1.165, 1.54) is 22.4 Å². The highest BCUT2D eigenvalue weighted by atomic mass is 16.5. The molecule has 1 N–H and O–H groups in total. The quantitative estimate of drug-likeness (QED) is 0.894. The molecule has 5 rings (SSSR count). The Morgan fingerprint density at radius 1 is 0.923 bits per heavy atom. The van der Waals surface area contributed by atoms with Crippen molar-refractivity contribution in [1.29, 1.82) is 0 Å². The van der Waals surface area contributed by atoms with E-state index in [1.807, 2.05) is 6.07 Å². The lowest BCUT2D eigenvalue weighted by molar-refractivity contribution is 0.0455. The van der Waals surface area contributed by atoms with Crippen molar-refractivity contribution in [1.82, 2.24) is 4.90 Å². The van der Waals surface area contributed by atoms with E-state index in [0.717, 1.165) is 57.4 Å². The molecule has 0 saturated carbocycles. The van der Waals surface area contributed by atoms with Gasteiger partial charge in [0.2, 0.25) is 0 Å². The van der Waals surface area contributed by atoms with Crippen LogP contribution < -0.4 is 4.74 Å². The maximum absolute atomic E-state index is 10.8. The Hall–Kier alpha value is -1.84. The molecule has 3 aliphatic rings. The predicted molar refractivity (Wildman–Crippen MR) is 103 cm³/mol. The topological polar surface area (TPSA) is 32.7 Å². The van der Waals surface area contributed by atoms with Crippen molar-refractivity contribution in [3.63, 3.8) is 0 Å². The van der Waals surface area contributed by atoms with Crippen LogP contribution in [0.5, 0.6) is 5.75 Å². The van der Waals surface area contributed by atoms with Crippen molar-refractivity contribution in [3.05, 3.63) is 64.7 Å². The summed E-state index contributed by atoms with van der Waals surface area (Å²) >= 11 is 0. The first-order valence-corrected chi connectivity index (χ1v) is 10.1. The van der Waals surface area contributed by atoms with Crippen molar-refractivity contribution in [3.8, 4) is 5.75 Å². The van der Waals surface area contributed by atoms with Gasteiger partial charge in [-0.15, -0.1) is 0 Å². The fourth-order valence-electron chi connectivity index (χ4n) is 5.16. The molecule has 0 spiro atoms. The van der Waals surface area contributed by atoms with Crippen LogP contribution in [0.4, 0.5) is 0 Å². The van der Waals surface area contributed by atoms with Gasteiger partial charge in [-0.05, 0) is 73.4 Å². The molecule has 1 saturated heterocycles. The fourth-order valence-corrected chi connectivity index (χ4v) is 5.16. The van der Waals surface area contributed by atoms with Crippen LogP contribution in [0.25, 0.3) is 0 Å². The van der Waals surface area contributed by atoms with Crippen LogP contribution in [0, 0.1) is 0 Å². The predicted octanol–water partition coefficient (Wildman–Crippen LogP) is 3.85. The summed E-state index contributed by atoms with van der Waals surface area (Å²) in [6.07, 6.45) is 5.23. The van der Waals surface area contributed by atoms with Crippen LogP contribution in [0.1, 0.15) is 53.5 Å². The van der Waals surface area contributed by atoms with Crippen LogP contribution in [0.3, 0.4) is 0 Å². The van der Waals surface area contributed by atoms with Gasteiger partial charge in [0.15, 0.2) is 0 Å². The van der Waals surface area contributed by atoms with Crippen LogP contribution >= 0.6 is 0 Å². The Morgan fingerprint density at radius 3 is 2.54 bits per heavy atom. The largest absolute Gasteiger partial charge is 0.493 e. The second kappa shape index (κ2) is 6.71. The minimum absolute atomic E-state index is 0.245. The number of fused-ring (bicyclic) bond motifs is 2. The first-order valence-electron chi connectivity index (χ1n) is 10.1. The summed E-state index contributed by atoms with van der Waals surface area (Å²) in [5, 5.41) is 10.8. The molecule has 136 valence electrons. The van der Waals surface area contributed by atoms with Gasteiger partial charge in [0.1, 0.15) is 5.75 Å². The van der Waals surface area contributed by atoms with E-state index in [-0.39, 0.29) is 12.1 Å². The maximum Gasteiger partial charge on any atom is 0.125 e. The van der Waals surface area contributed by atoms with Gasteiger partial charge < -0.3 is 9.84 Å². The Kier molecular flexibility index (Phi) is 4.22. The van der Waals surface area contributed by atoms with Crippen molar-refractivity contribution in [2.75, 3.05) is 19.7 Å². The zero-order valence-corrected chi connectivity index (χ0v) is 15.2. The molecule has 0 aromatic heterocycles. The normalized spacial score (nSPS) is 26.2. The third-order valence-electron chi connectivity index (χ3n) is 6.57. The molecule has 1 aliphatic carbocycles. The standard InChI is InChI=1S/C23H27NO2/c25-22-19-8-2-1-5-18(19)15-21(22)24-12-10-16(11-13-24)20-9-3-6-17-7-4-14-26-23(17)20/h1-3,5-6,8-9,16,21-22,25H,4,7,10-15H2/t21-,22-/m1/s1. The highest BCUT2D eigenvalue weighted by Gasteiger charge is 2.37. The molecular formula is C23H27NO2. The summed E-state index contributed by atoms with van der Waals surface area (Å²) in [4.78, 5) is 2.51. The number of para-hydroxylation sites is 1. The van der Waals surface area contributed by atoms with E-state index in [2.05, 4.69) is 41.3 Å². The number of hydrogen-bond acceptors (Lipinski definition) is 3. The highest BCUT2D eigenvalue weighted by molar-refractivity contribution is 5.45. The first kappa shape index (κ1) is 16.3. The SMILES string of the molecule is O[C@@H]1c2ccccc2C[C@H]1N1CCC(c2cccc3c2OCCC3)CC1. The summed E-state index contributed by atoms with van der Waals surface area (Å²) < 4.78 is 6.04. The van der Waals surface area contributed by atoms with Gasteiger partial charge in [-0.3, -0.25) is 4.90 Å². The molecule has 2 aromatic carbocycles. The zero-order chi connectivity index (χ0) is 17.5. The van der Waals surface area contributed by atoms with Crippen LogP contribution in [0.2, 0.25) is 0 Å². The molecule has 2 atom stereocenters. The third-order valence-corrected chi connectivity index (χ3v) is 6.57. The van der Waals surface area contributed by atoms with Crippen LogP contribution in [-0.2, 0) is 12.8 Å². The second-order valence-electron chi connectivity index (χ2n) is 8.01. The molecule has 0 unspecified atom stereocenters. The number of likely N-dealkylation sites (tertiary alicyclic amines) is 1. The van der Waals surface area contributed by atoms with Gasteiger partial charge >= 0.3 is 0 Å². The fraction of sp³-hybridized carbons (Fsp3) is 0.478. The molecule has 2 aromatic rings. The number of ether oxygens (including phenoxy) is 1. The number of aliphatic hydroxyl groups is 1. The maximum atomic E-state index is 10.8. The number of hydrogen-bond donors (Lipinski definition) is 1. The molecular weight excluding hydrogens is 322 g/mol. The monoisotopic (exact) mass is 349 g/mol. The first-order chi connectivity index (χ1) is 12.8. The minimum atomic E-state index is -0.337. The molecule has 1 fully saturated rings. The summed E-state index contributed by atoms with van der Waals surface area (Å²) in [6, 6.07) is 15.3. The van der Waals surface area contributed by atoms with Gasteiger partial charge in [-0.1, -0.05) is 42.5 Å². The number of rotatable bonds is 2. The number of piperidine rings is 1. The van der Waals surface area contributed by atoms with E-state index in [9.17, 15) is 5.11 Å². The lowest BCUT2D eigenvalue weighted by Crippen LogP contribution is -2.43. The van der Waals surface area contributed by atoms with Crippen LogP contribution in [-0.4, -0.2) is 35.7 Å². The highest BCUT2D eigenvalue weighted by Crippen LogP contribution is 2.41. The smallest absolute Gasteiger partial charge is 0.125 e. The van der Waals surface area contributed by atoms with E-state index in [1.54, 1.807) is 0 Å². The Balaban J connectivity index is 1.29. The Morgan fingerprint density at radius 2 is 1.69 bits per heavy atom. The molecule has 2 aliphatic heterocycles. The van der Waals surface area contributed by atoms with Crippen LogP contribution in [0.15, 0.2) is 42.5 Å². The molecule has 26 heavy (non-hydrogen) atoms. The average Bonchev–Trinajstić information content (AvgIpc) is 3.05. The average molecular weight is 349 g/mol. The minimum Gasteiger partial charge on any atom is -0.493 e. The van der Waals surface area contributed by atoms with E-state index in [4.69, 9.17) is 4.74 Å². The van der Waals surface area contributed by atoms with E-state index in [0.29, 0.717) is 5.92 Å². The van der Waals surface area contributed by atoms with Crippen molar-refractivity contribution in [2.45, 2.75) is 50.2 Å². The lowest BCUT2D eigenvalue weighted by Gasteiger charge is -2.38. The van der Waals surface area contributed by atoms with Gasteiger partial charge in [0, 0.05) is 6.04 Å². The van der Waals surface area contributed by atoms with Crippen molar-refractivity contribution < 1.29 is 9.84 Å². The second-order valence-corrected chi connectivity index (χ2v) is 8.01. The summed E-state index contributed by atoms with van der Waals surface area (Å²) in [5.74, 6) is 1.76. The summed E-state index contributed by atoms with van der Waals surface area (Å²) in [7, 11) is 0. The van der Waals surface area contributed by atoms with Gasteiger partial charge in [0.25, 0.3) is 0 Å². The Labute approximate surface area is 155 Å². The van der Waals surface area contributed by atoms with Crippen molar-refractivity contribution >= 4 is 0 Å². The molecule has 3 nitrogen and oxygen atoms in total. The number of benzene rings is 2. The summed E-state index contributed by atoms with van der Waals surface area (Å²) in [6.45, 7) is 2.98. The Bertz CT molecular complexity index is 795. The molecule has 0 bridgehead atoms. The van der Waals surface area contributed by atoms with Crippen molar-refractivity contribution in [2.24, 2.45) is 0 Å². The third kappa shape index (κ3) is 2.74. The van der Waals surface area contributed by atoms with E-state index >= 15 is 0 Å². The number of aliphatic hydroxyl groups excluding tert-OH is 1.